The van der Waals surface area contributed by atoms with Crippen molar-refractivity contribution in [1.29, 1.82) is 0 Å². The van der Waals surface area contributed by atoms with Gasteiger partial charge in [-0.2, -0.15) is 0 Å². The highest BCUT2D eigenvalue weighted by Gasteiger charge is 2.23. The lowest BCUT2D eigenvalue weighted by Crippen LogP contribution is -2.27. The Morgan fingerprint density at radius 2 is 1.95 bits per heavy atom. The molecule has 0 aromatic heterocycles. The molecule has 0 bridgehead atoms. The largest absolute Gasteiger partial charge is 0.478 e. The van der Waals surface area contributed by atoms with Gasteiger partial charge in [0.25, 0.3) is 0 Å². The van der Waals surface area contributed by atoms with Crippen LogP contribution in [0.5, 0.6) is 0 Å². The molecule has 20 heavy (non-hydrogen) atoms. The van der Waals surface area contributed by atoms with Crippen LogP contribution in [0.15, 0.2) is 23.1 Å². The molecule has 7 heteroatoms. The Labute approximate surface area is 117 Å². The third-order valence-electron chi connectivity index (χ3n) is 3.01. The van der Waals surface area contributed by atoms with Crippen LogP contribution >= 0.6 is 0 Å². The van der Waals surface area contributed by atoms with Crippen LogP contribution in [0.4, 0.5) is 0 Å². The van der Waals surface area contributed by atoms with Crippen LogP contribution in [0, 0.1) is 5.92 Å². The Morgan fingerprint density at radius 1 is 1.35 bits per heavy atom. The van der Waals surface area contributed by atoms with Gasteiger partial charge in [0, 0.05) is 5.92 Å². The van der Waals surface area contributed by atoms with E-state index in [1.54, 1.807) is 6.92 Å². The topological polar surface area (TPSA) is 115 Å². The molecule has 0 aliphatic heterocycles. The third kappa shape index (κ3) is 3.57. The number of aryl methyl sites for hydroxylation is 1. The zero-order valence-electron chi connectivity index (χ0n) is 11.3. The van der Waals surface area contributed by atoms with Gasteiger partial charge in [-0.1, -0.05) is 19.9 Å². The van der Waals surface area contributed by atoms with E-state index in [1.807, 2.05) is 0 Å². The number of sulfone groups is 1. The van der Waals surface area contributed by atoms with Crippen molar-refractivity contribution in [3.63, 3.8) is 0 Å². The molecule has 1 rings (SSSR count). The van der Waals surface area contributed by atoms with Crippen molar-refractivity contribution in [2.75, 3.05) is 5.75 Å². The van der Waals surface area contributed by atoms with Gasteiger partial charge in [-0.3, -0.25) is 4.79 Å². The summed E-state index contributed by atoms with van der Waals surface area (Å²) in [4.78, 5) is 22.0. The van der Waals surface area contributed by atoms with Gasteiger partial charge in [-0.25, -0.2) is 13.2 Å². The fraction of sp³-hybridized carbons (Fsp3) is 0.385. The van der Waals surface area contributed by atoms with Gasteiger partial charge in [0.1, 0.15) is 0 Å². The highest BCUT2D eigenvalue weighted by molar-refractivity contribution is 7.91. The summed E-state index contributed by atoms with van der Waals surface area (Å²) >= 11 is 0. The molecule has 0 heterocycles. The third-order valence-corrected chi connectivity index (χ3v) is 4.92. The second-order valence-corrected chi connectivity index (χ2v) is 6.60. The van der Waals surface area contributed by atoms with E-state index in [4.69, 9.17) is 10.8 Å². The van der Waals surface area contributed by atoms with Crippen molar-refractivity contribution < 1.29 is 23.1 Å². The number of hydrogen-bond acceptors (Lipinski definition) is 4. The number of amides is 1. The minimum Gasteiger partial charge on any atom is -0.478 e. The molecule has 0 aliphatic rings. The second-order valence-electron chi connectivity index (χ2n) is 4.56. The van der Waals surface area contributed by atoms with Gasteiger partial charge in [0.05, 0.1) is 16.2 Å². The summed E-state index contributed by atoms with van der Waals surface area (Å²) in [5, 5.41) is 9.09. The molecule has 0 aliphatic carbocycles. The van der Waals surface area contributed by atoms with Gasteiger partial charge < -0.3 is 10.8 Å². The van der Waals surface area contributed by atoms with Crippen LogP contribution < -0.4 is 5.73 Å². The maximum atomic E-state index is 12.1. The summed E-state index contributed by atoms with van der Waals surface area (Å²) < 4.78 is 24.2. The van der Waals surface area contributed by atoms with E-state index in [2.05, 4.69) is 0 Å². The molecule has 1 aromatic carbocycles. The van der Waals surface area contributed by atoms with Crippen LogP contribution in [-0.4, -0.2) is 31.2 Å². The summed E-state index contributed by atoms with van der Waals surface area (Å²) in [7, 11) is -3.75. The molecule has 0 saturated heterocycles. The number of nitrogens with two attached hydrogens (primary N) is 1. The normalized spacial score (nSPS) is 12.9. The molecule has 0 spiro atoms. The minimum atomic E-state index is -3.75. The van der Waals surface area contributed by atoms with Crippen molar-refractivity contribution in [2.24, 2.45) is 11.7 Å². The van der Waals surface area contributed by atoms with E-state index in [-0.39, 0.29) is 10.5 Å². The predicted molar refractivity (Wildman–Crippen MR) is 73.2 cm³/mol. The molecule has 6 nitrogen and oxygen atoms in total. The Bertz CT molecular complexity index is 636. The fourth-order valence-electron chi connectivity index (χ4n) is 1.76. The number of carbonyl (C=O) groups excluding carboxylic acids is 1. The molecule has 0 fully saturated rings. The molecule has 0 saturated carbocycles. The number of carbonyl (C=O) groups is 2. The Balaban J connectivity index is 3.23. The molecular formula is C13H17NO5S. The smallest absolute Gasteiger partial charge is 0.336 e. The zero-order chi connectivity index (χ0) is 15.5. The minimum absolute atomic E-state index is 0.0414. The molecular weight excluding hydrogens is 282 g/mol. The average Bonchev–Trinajstić information content (AvgIpc) is 2.37. The van der Waals surface area contributed by atoms with E-state index in [0.29, 0.717) is 12.0 Å². The van der Waals surface area contributed by atoms with Crippen LogP contribution in [0.3, 0.4) is 0 Å². The molecule has 3 N–H and O–H groups in total. The molecule has 110 valence electrons. The highest BCUT2D eigenvalue weighted by atomic mass is 32.2. The van der Waals surface area contributed by atoms with E-state index in [9.17, 15) is 18.0 Å². The summed E-state index contributed by atoms with van der Waals surface area (Å²) in [5.74, 6) is -3.16. The van der Waals surface area contributed by atoms with Crippen LogP contribution in [-0.2, 0) is 21.1 Å². The lowest BCUT2D eigenvalue weighted by molar-refractivity contribution is -0.120. The Hall–Kier alpha value is -1.89. The van der Waals surface area contributed by atoms with Gasteiger partial charge in [0.15, 0.2) is 9.84 Å². The Morgan fingerprint density at radius 3 is 2.40 bits per heavy atom. The molecule has 1 unspecified atom stereocenters. The number of rotatable bonds is 6. The standard InChI is InChI=1S/C13H17NO5S/c1-3-9-4-5-10(6-11(9)13(16)17)20(18,19)7-8(2)12(14)15/h4-6,8H,3,7H2,1-2H3,(H2,14,15)(H,16,17). The monoisotopic (exact) mass is 299 g/mol. The maximum Gasteiger partial charge on any atom is 0.336 e. The van der Waals surface area contributed by atoms with Crippen molar-refractivity contribution in [2.45, 2.75) is 25.2 Å². The second kappa shape index (κ2) is 6.04. The summed E-state index contributed by atoms with van der Waals surface area (Å²) in [6.45, 7) is 3.20. The first-order valence-electron chi connectivity index (χ1n) is 6.07. The number of hydrogen-bond donors (Lipinski definition) is 2. The number of aromatic carboxylic acids is 1. The lowest BCUT2D eigenvalue weighted by Gasteiger charge is -2.11. The van der Waals surface area contributed by atoms with Crippen molar-refractivity contribution in [3.8, 4) is 0 Å². The number of carboxylic acids is 1. The van der Waals surface area contributed by atoms with Crippen molar-refractivity contribution in [1.82, 2.24) is 0 Å². The van der Waals surface area contributed by atoms with Crippen LogP contribution in [0.25, 0.3) is 0 Å². The first kappa shape index (κ1) is 16.2. The van der Waals surface area contributed by atoms with Crippen LogP contribution in [0.1, 0.15) is 29.8 Å². The average molecular weight is 299 g/mol. The maximum absolute atomic E-state index is 12.1. The molecule has 0 radical (unpaired) electrons. The SMILES string of the molecule is CCc1ccc(S(=O)(=O)CC(C)C(N)=O)cc1C(=O)O. The van der Waals surface area contributed by atoms with Gasteiger partial charge in [0.2, 0.25) is 5.91 Å². The van der Waals surface area contributed by atoms with E-state index >= 15 is 0 Å². The van der Waals surface area contributed by atoms with Crippen molar-refractivity contribution in [3.05, 3.63) is 29.3 Å². The summed E-state index contributed by atoms with van der Waals surface area (Å²) in [5.41, 5.74) is 5.56. The van der Waals surface area contributed by atoms with E-state index in [0.717, 1.165) is 6.07 Å². The van der Waals surface area contributed by atoms with Gasteiger partial charge in [-0.15, -0.1) is 0 Å². The number of carboxylic acid groups (broad SMARTS) is 1. The Kier molecular flexibility index (Phi) is 4.88. The molecule has 1 amide bonds. The predicted octanol–water partition coefficient (Wildman–Crippen LogP) is 0.842. The molecule has 1 atom stereocenters. The number of primary amides is 1. The van der Waals surface area contributed by atoms with E-state index in [1.165, 1.54) is 19.1 Å². The quantitative estimate of drug-likeness (QED) is 0.807. The van der Waals surface area contributed by atoms with Gasteiger partial charge in [-0.05, 0) is 24.1 Å². The lowest BCUT2D eigenvalue weighted by atomic mass is 10.1. The highest BCUT2D eigenvalue weighted by Crippen LogP contribution is 2.19. The molecule has 1 aromatic rings. The first-order chi connectivity index (χ1) is 9.19. The summed E-state index contributed by atoms with van der Waals surface area (Å²) in [6, 6.07) is 3.96. The summed E-state index contributed by atoms with van der Waals surface area (Å²) in [6.07, 6.45) is 0.486. The first-order valence-corrected chi connectivity index (χ1v) is 7.72. The van der Waals surface area contributed by atoms with Crippen LogP contribution in [0.2, 0.25) is 0 Å². The zero-order valence-corrected chi connectivity index (χ0v) is 12.1. The van der Waals surface area contributed by atoms with Gasteiger partial charge >= 0.3 is 5.97 Å². The number of benzene rings is 1. The van der Waals surface area contributed by atoms with E-state index < -0.39 is 33.4 Å². The fourth-order valence-corrected chi connectivity index (χ4v) is 3.35. The van der Waals surface area contributed by atoms with Crippen molar-refractivity contribution >= 4 is 21.7 Å².